The zero-order chi connectivity index (χ0) is 14.9. The van der Waals surface area contributed by atoms with Crippen molar-refractivity contribution in [3.05, 3.63) is 36.7 Å². The molecule has 4 aromatic rings. The molecule has 0 aliphatic carbocycles. The number of aromatic nitrogens is 3. The van der Waals surface area contributed by atoms with E-state index in [2.05, 4.69) is 46.5 Å². The number of nitrogens with zero attached hydrogens (tertiary/aromatic N) is 3. The number of rotatable bonds is 4. The monoisotopic (exact) mass is 356 g/mol. The molecule has 0 saturated carbocycles. The van der Waals surface area contributed by atoms with Crippen molar-refractivity contribution in [2.75, 3.05) is 11.9 Å². The number of fused-ring (bicyclic) bond motifs is 4. The molecule has 0 fully saturated rings. The predicted octanol–water partition coefficient (Wildman–Crippen LogP) is 3.60. The summed E-state index contributed by atoms with van der Waals surface area (Å²) in [5, 5.41) is 5.81. The Labute approximate surface area is 134 Å². The molecular weight excluding hydrogens is 339 g/mol. The van der Waals surface area contributed by atoms with Crippen LogP contribution in [-0.4, -0.2) is 36.0 Å². The van der Waals surface area contributed by atoms with E-state index in [9.17, 15) is 0 Å². The Morgan fingerprint density at radius 2 is 2.09 bits per heavy atom. The third kappa shape index (κ3) is 2.27. The van der Waals surface area contributed by atoms with Crippen LogP contribution < -0.4 is 5.32 Å². The van der Waals surface area contributed by atoms with Gasteiger partial charge in [0.2, 0.25) is 0 Å². The second kappa shape index (κ2) is 5.67. The first-order valence-electron chi connectivity index (χ1n) is 7.53. The normalized spacial score (nSPS) is 11.5. The van der Waals surface area contributed by atoms with Crippen molar-refractivity contribution >= 4 is 50.8 Å². The van der Waals surface area contributed by atoms with Gasteiger partial charge in [-0.15, -0.1) is 0 Å². The van der Waals surface area contributed by atoms with Gasteiger partial charge in [-0.2, -0.15) is 0 Å². The van der Waals surface area contributed by atoms with Crippen LogP contribution in [0.3, 0.4) is 0 Å². The van der Waals surface area contributed by atoms with Crippen LogP contribution in [0.15, 0.2) is 36.7 Å². The molecule has 0 spiro atoms. The molecule has 4 nitrogen and oxygen atoms in total. The molecule has 3 heterocycles. The van der Waals surface area contributed by atoms with Crippen LogP contribution in [0.25, 0.3) is 30.5 Å². The second-order valence-electron chi connectivity index (χ2n) is 5.32. The van der Waals surface area contributed by atoms with Crippen LogP contribution in [0, 0.1) is 0 Å². The van der Waals surface area contributed by atoms with Crippen LogP contribution in [0.4, 0.5) is 5.82 Å². The third-order valence-electron chi connectivity index (χ3n) is 3.77. The Kier molecular flexibility index (Phi) is 3.52. The molecule has 4 rings (SSSR count). The molecule has 0 radical (unpaired) electrons. The molecule has 1 N–H and O–H groups in total. The quantitative estimate of drug-likeness (QED) is 0.449. The van der Waals surface area contributed by atoms with Gasteiger partial charge in [0, 0.05) is 0 Å². The summed E-state index contributed by atoms with van der Waals surface area (Å²) in [5.41, 5.74) is 2.12. The average molecular weight is 355 g/mol. The van der Waals surface area contributed by atoms with Gasteiger partial charge in [-0.05, 0) is 0 Å². The Bertz CT molecular complexity index is 961. The zero-order valence-corrected chi connectivity index (χ0v) is 14.0. The van der Waals surface area contributed by atoms with Gasteiger partial charge >= 0.3 is 134 Å². The van der Waals surface area contributed by atoms with Crippen molar-refractivity contribution in [2.45, 2.75) is 19.8 Å². The fourth-order valence-electron chi connectivity index (χ4n) is 2.61. The molecule has 0 aliphatic rings. The first-order chi connectivity index (χ1) is 10.9. The van der Waals surface area contributed by atoms with Gasteiger partial charge in [0.05, 0.1) is 0 Å². The minimum absolute atomic E-state index is 0.171. The maximum absolute atomic E-state index is 4.84. The van der Waals surface area contributed by atoms with Crippen molar-refractivity contribution in [1.29, 1.82) is 0 Å². The SMILES string of the molecule is CCCCNc1ncnc2c1[se]c1nc3ccccc3cc12. The van der Waals surface area contributed by atoms with Crippen LogP contribution in [0.2, 0.25) is 0 Å². The number of nitrogens with one attached hydrogen (secondary N) is 1. The third-order valence-corrected chi connectivity index (χ3v) is 6.07. The van der Waals surface area contributed by atoms with Gasteiger partial charge in [-0.25, -0.2) is 0 Å². The Morgan fingerprint density at radius 1 is 1.18 bits per heavy atom. The molecule has 3 aromatic heterocycles. The first-order valence-corrected chi connectivity index (χ1v) is 9.25. The van der Waals surface area contributed by atoms with E-state index in [1.807, 2.05) is 6.07 Å². The molecule has 0 aliphatic heterocycles. The molecule has 1 aromatic carbocycles. The van der Waals surface area contributed by atoms with Gasteiger partial charge in [0.1, 0.15) is 0 Å². The van der Waals surface area contributed by atoms with Gasteiger partial charge in [0.25, 0.3) is 0 Å². The number of hydrogen-bond acceptors (Lipinski definition) is 4. The van der Waals surface area contributed by atoms with Crippen molar-refractivity contribution in [3.63, 3.8) is 0 Å². The summed E-state index contributed by atoms with van der Waals surface area (Å²) in [6.07, 6.45) is 3.99. The molecule has 22 heavy (non-hydrogen) atoms. The van der Waals surface area contributed by atoms with Crippen LogP contribution in [-0.2, 0) is 0 Å². The topological polar surface area (TPSA) is 50.7 Å². The summed E-state index contributed by atoms with van der Waals surface area (Å²) in [7, 11) is 0. The maximum atomic E-state index is 4.84. The standard InChI is InChI=1S/C17H16N4Se/c1-2-3-8-18-16-15-14(19-10-20-16)12-9-11-6-4-5-7-13(11)21-17(12)22-15/h4-7,9-10H,2-3,8H2,1H3,(H,18,19,20). The molecular formula is C17H16N4Se. The summed E-state index contributed by atoms with van der Waals surface area (Å²) in [4.78, 5) is 13.8. The van der Waals surface area contributed by atoms with E-state index < -0.39 is 0 Å². The second-order valence-corrected chi connectivity index (χ2v) is 7.41. The van der Waals surface area contributed by atoms with E-state index in [0.717, 1.165) is 29.8 Å². The minimum atomic E-state index is 0.171. The Hall–Kier alpha value is -1.97. The van der Waals surface area contributed by atoms with Crippen LogP contribution >= 0.6 is 0 Å². The number of para-hydroxylation sites is 1. The van der Waals surface area contributed by atoms with Gasteiger partial charge in [-0.3, -0.25) is 0 Å². The number of pyridine rings is 1. The van der Waals surface area contributed by atoms with E-state index in [4.69, 9.17) is 4.98 Å². The average Bonchev–Trinajstić information content (AvgIpc) is 2.91. The van der Waals surface area contributed by atoms with E-state index in [1.165, 1.54) is 25.8 Å². The van der Waals surface area contributed by atoms with Crippen molar-refractivity contribution in [2.24, 2.45) is 0 Å². The molecule has 0 unspecified atom stereocenters. The van der Waals surface area contributed by atoms with Crippen molar-refractivity contribution in [1.82, 2.24) is 15.0 Å². The molecule has 110 valence electrons. The Morgan fingerprint density at radius 3 is 3.00 bits per heavy atom. The van der Waals surface area contributed by atoms with Gasteiger partial charge in [0.15, 0.2) is 0 Å². The van der Waals surface area contributed by atoms with E-state index >= 15 is 0 Å². The molecule has 5 heteroatoms. The summed E-state index contributed by atoms with van der Waals surface area (Å²) in [6.45, 7) is 3.16. The number of anilines is 1. The van der Waals surface area contributed by atoms with Gasteiger partial charge in [-0.1, -0.05) is 0 Å². The Balaban J connectivity index is 1.92. The summed E-state index contributed by atoms with van der Waals surface area (Å²) in [6, 6.07) is 10.5. The summed E-state index contributed by atoms with van der Waals surface area (Å²) in [5.74, 6) is 0.987. The molecule has 0 bridgehead atoms. The predicted molar refractivity (Wildman–Crippen MR) is 92.7 cm³/mol. The first kappa shape index (κ1) is 13.7. The number of benzene rings is 1. The van der Waals surface area contributed by atoms with Crippen molar-refractivity contribution < 1.29 is 0 Å². The van der Waals surface area contributed by atoms with Crippen LogP contribution in [0.5, 0.6) is 0 Å². The fraction of sp³-hybridized carbons (Fsp3) is 0.235. The molecule has 0 amide bonds. The van der Waals surface area contributed by atoms with Crippen molar-refractivity contribution in [3.8, 4) is 0 Å². The van der Waals surface area contributed by atoms with Gasteiger partial charge < -0.3 is 0 Å². The summed E-state index contributed by atoms with van der Waals surface area (Å²) < 4.78 is 2.41. The van der Waals surface area contributed by atoms with E-state index in [1.54, 1.807) is 6.33 Å². The molecule has 0 atom stereocenters. The summed E-state index contributed by atoms with van der Waals surface area (Å²) >= 11 is 0.171. The van der Waals surface area contributed by atoms with E-state index in [0.29, 0.717) is 0 Å². The van der Waals surface area contributed by atoms with E-state index in [-0.39, 0.29) is 14.5 Å². The fourth-order valence-corrected chi connectivity index (χ4v) is 4.89. The van der Waals surface area contributed by atoms with Crippen LogP contribution in [0.1, 0.15) is 19.8 Å². The zero-order valence-electron chi connectivity index (χ0n) is 12.3. The molecule has 0 saturated heterocycles. The number of unbranched alkanes of at least 4 members (excludes halogenated alkanes) is 1. The number of hydrogen-bond donors (Lipinski definition) is 1.